The van der Waals surface area contributed by atoms with E-state index in [-0.39, 0.29) is 24.4 Å². The zero-order chi connectivity index (χ0) is 22.6. The van der Waals surface area contributed by atoms with Gasteiger partial charge in [-0.2, -0.15) is 0 Å². The van der Waals surface area contributed by atoms with Crippen molar-refractivity contribution in [1.29, 1.82) is 0 Å². The minimum absolute atomic E-state index is 0.0917. The minimum Gasteiger partial charge on any atom is -0.444 e. The molecule has 7 heteroatoms. The Morgan fingerprint density at radius 1 is 0.900 bits per heavy atom. The van der Waals surface area contributed by atoms with Crippen LogP contribution in [0.3, 0.4) is 0 Å². The van der Waals surface area contributed by atoms with E-state index in [1.54, 1.807) is 0 Å². The molecule has 2 aliphatic rings. The Kier molecular flexibility index (Phi) is 8.59. The van der Waals surface area contributed by atoms with Gasteiger partial charge < -0.3 is 29.0 Å². The first-order valence-electron chi connectivity index (χ1n) is 11.4. The molecule has 0 aliphatic carbocycles. The van der Waals surface area contributed by atoms with Crippen molar-refractivity contribution in [3.05, 3.63) is 0 Å². The molecule has 0 aromatic heterocycles. The normalized spacial score (nSPS) is 31.2. The van der Waals surface area contributed by atoms with Gasteiger partial charge in [-0.25, -0.2) is 4.79 Å². The maximum Gasteiger partial charge on any atom is 0.407 e. The zero-order valence-corrected chi connectivity index (χ0v) is 20.2. The average molecular weight is 430 g/mol. The third-order valence-electron chi connectivity index (χ3n) is 5.23. The fraction of sp³-hybridized carbons (Fsp3) is 0.957. The van der Waals surface area contributed by atoms with Gasteiger partial charge in [-0.1, -0.05) is 6.92 Å². The summed E-state index contributed by atoms with van der Waals surface area (Å²) >= 11 is 0. The molecule has 0 aromatic rings. The van der Waals surface area contributed by atoms with Crippen LogP contribution in [0.15, 0.2) is 0 Å². The number of carbonyl (C=O) groups excluding carboxylic acids is 1. The van der Waals surface area contributed by atoms with Crippen LogP contribution < -0.4 is 5.32 Å². The lowest BCUT2D eigenvalue weighted by atomic mass is 9.98. The molecule has 0 saturated carbocycles. The van der Waals surface area contributed by atoms with Gasteiger partial charge in [-0.3, -0.25) is 0 Å². The van der Waals surface area contributed by atoms with Crippen LogP contribution in [0.2, 0.25) is 0 Å². The van der Waals surface area contributed by atoms with Gasteiger partial charge in [-0.05, 0) is 74.1 Å². The Hall–Kier alpha value is -0.890. The summed E-state index contributed by atoms with van der Waals surface area (Å²) in [5.41, 5.74) is -0.514. The lowest BCUT2D eigenvalue weighted by Crippen LogP contribution is -2.49. The van der Waals surface area contributed by atoms with Gasteiger partial charge >= 0.3 is 6.09 Å². The predicted octanol–water partition coefficient (Wildman–Crippen LogP) is 4.91. The molecule has 0 aromatic carbocycles. The summed E-state index contributed by atoms with van der Waals surface area (Å²) in [6.45, 7) is 16.0. The molecule has 4 atom stereocenters. The second-order valence-corrected chi connectivity index (χ2v) is 10.5. The van der Waals surface area contributed by atoms with Crippen molar-refractivity contribution >= 4 is 6.09 Å². The highest BCUT2D eigenvalue weighted by Gasteiger charge is 2.37. The summed E-state index contributed by atoms with van der Waals surface area (Å²) in [7, 11) is 0. The summed E-state index contributed by atoms with van der Waals surface area (Å²) in [6.07, 6.45) is 5.70. The third-order valence-corrected chi connectivity index (χ3v) is 5.23. The summed E-state index contributed by atoms with van der Waals surface area (Å²) in [6, 6.07) is 0. The topological polar surface area (TPSA) is 75.3 Å². The number of nitrogens with one attached hydrogen (secondary N) is 1. The maximum absolute atomic E-state index is 12.0. The highest BCUT2D eigenvalue weighted by molar-refractivity contribution is 5.67. The molecule has 0 bridgehead atoms. The first-order chi connectivity index (χ1) is 13.8. The van der Waals surface area contributed by atoms with E-state index in [0.717, 1.165) is 38.5 Å². The molecular formula is C23H43NO6. The maximum atomic E-state index is 12.0. The molecular weight excluding hydrogens is 386 g/mol. The van der Waals surface area contributed by atoms with Crippen molar-refractivity contribution in [3.8, 4) is 0 Å². The Labute approximate surface area is 182 Å². The first-order valence-corrected chi connectivity index (χ1v) is 11.4. The Morgan fingerprint density at radius 2 is 1.37 bits per heavy atom. The van der Waals surface area contributed by atoms with Crippen LogP contribution in [0.5, 0.6) is 0 Å². The smallest absolute Gasteiger partial charge is 0.407 e. The molecule has 2 saturated heterocycles. The number of hydrogen-bond acceptors (Lipinski definition) is 6. The van der Waals surface area contributed by atoms with Crippen molar-refractivity contribution < 1.29 is 28.5 Å². The van der Waals surface area contributed by atoms with E-state index in [2.05, 4.69) is 12.2 Å². The fourth-order valence-electron chi connectivity index (χ4n) is 4.25. The second kappa shape index (κ2) is 10.2. The highest BCUT2D eigenvalue weighted by Crippen LogP contribution is 2.32. The molecule has 176 valence electrons. The average Bonchev–Trinajstić information content (AvgIpc) is 2.56. The van der Waals surface area contributed by atoms with Crippen molar-refractivity contribution in [1.82, 2.24) is 5.32 Å². The van der Waals surface area contributed by atoms with E-state index < -0.39 is 23.3 Å². The van der Waals surface area contributed by atoms with E-state index in [1.165, 1.54) is 0 Å². The Morgan fingerprint density at radius 3 is 1.87 bits per heavy atom. The van der Waals surface area contributed by atoms with Crippen LogP contribution in [0.1, 0.15) is 93.9 Å². The zero-order valence-electron chi connectivity index (χ0n) is 20.2. The van der Waals surface area contributed by atoms with Gasteiger partial charge in [0.15, 0.2) is 11.6 Å². The van der Waals surface area contributed by atoms with Gasteiger partial charge in [-0.15, -0.1) is 0 Å². The molecule has 0 spiro atoms. The van der Waals surface area contributed by atoms with E-state index >= 15 is 0 Å². The standard InChI is InChI=1S/C23H43NO6/c1-9-16-13-17(27-22(5,6)26-16)11-10-12-18-14-19(29-23(7,8)28-18)15-24-20(25)30-21(2,3)4/h16-19H,9-15H2,1-8H3,(H,24,25)/t16-,17+,18+,19+/m1/s1. The van der Waals surface area contributed by atoms with Crippen LogP contribution in [0, 0.1) is 0 Å². The van der Waals surface area contributed by atoms with Crippen LogP contribution in [0.4, 0.5) is 4.79 Å². The third kappa shape index (κ3) is 9.08. The highest BCUT2D eigenvalue weighted by atomic mass is 16.7. The summed E-state index contributed by atoms with van der Waals surface area (Å²) in [5, 5.41) is 2.82. The quantitative estimate of drug-likeness (QED) is 0.620. The van der Waals surface area contributed by atoms with Crippen LogP contribution >= 0.6 is 0 Å². The number of hydrogen-bond donors (Lipinski definition) is 1. The molecule has 1 N–H and O–H groups in total. The molecule has 2 heterocycles. The second-order valence-electron chi connectivity index (χ2n) is 10.5. The molecule has 2 rings (SSSR count). The summed E-state index contributed by atoms with van der Waals surface area (Å²) < 4.78 is 29.5. The van der Waals surface area contributed by atoms with Crippen molar-refractivity contribution in [2.75, 3.05) is 6.54 Å². The van der Waals surface area contributed by atoms with Crippen molar-refractivity contribution in [3.63, 3.8) is 0 Å². The lowest BCUT2D eigenvalue weighted by molar-refractivity contribution is -0.303. The van der Waals surface area contributed by atoms with Crippen molar-refractivity contribution in [2.45, 2.75) is 136 Å². The monoisotopic (exact) mass is 429 g/mol. The molecule has 1 amide bonds. The van der Waals surface area contributed by atoms with E-state index in [4.69, 9.17) is 23.7 Å². The van der Waals surface area contributed by atoms with E-state index in [9.17, 15) is 4.79 Å². The largest absolute Gasteiger partial charge is 0.444 e. The molecule has 0 unspecified atom stereocenters. The molecule has 30 heavy (non-hydrogen) atoms. The number of alkyl carbamates (subject to hydrolysis) is 1. The van der Waals surface area contributed by atoms with Gasteiger partial charge in [0.1, 0.15) is 5.60 Å². The minimum atomic E-state index is -0.673. The molecule has 7 nitrogen and oxygen atoms in total. The number of ether oxygens (including phenoxy) is 5. The summed E-state index contributed by atoms with van der Waals surface area (Å²) in [4.78, 5) is 12.0. The predicted molar refractivity (Wildman–Crippen MR) is 115 cm³/mol. The van der Waals surface area contributed by atoms with Gasteiger partial charge in [0, 0.05) is 19.4 Å². The fourth-order valence-corrected chi connectivity index (χ4v) is 4.25. The first kappa shape index (κ1) is 25.4. The number of carbonyl (C=O) groups is 1. The Balaban J connectivity index is 1.79. The lowest BCUT2D eigenvalue weighted by Gasteiger charge is -2.42. The van der Waals surface area contributed by atoms with Gasteiger partial charge in [0.05, 0.1) is 24.4 Å². The van der Waals surface area contributed by atoms with Crippen LogP contribution in [0.25, 0.3) is 0 Å². The number of amides is 1. The van der Waals surface area contributed by atoms with Gasteiger partial charge in [0.25, 0.3) is 0 Å². The molecule has 0 radical (unpaired) electrons. The molecule has 2 aliphatic heterocycles. The van der Waals surface area contributed by atoms with Crippen LogP contribution in [-0.4, -0.2) is 54.2 Å². The van der Waals surface area contributed by atoms with E-state index in [0.29, 0.717) is 6.54 Å². The number of rotatable bonds is 7. The Bertz CT molecular complexity index is 556. The SMILES string of the molecule is CC[C@@H]1C[C@H](CCC[C@H]2C[C@@H](CNC(=O)OC(C)(C)C)OC(C)(C)O2)OC(C)(C)O1. The van der Waals surface area contributed by atoms with E-state index in [1.807, 2.05) is 48.5 Å². The van der Waals surface area contributed by atoms with Crippen LogP contribution in [-0.2, 0) is 23.7 Å². The summed E-state index contributed by atoms with van der Waals surface area (Å²) in [5.74, 6) is -1.19. The van der Waals surface area contributed by atoms with Crippen molar-refractivity contribution in [2.24, 2.45) is 0 Å². The molecule has 2 fully saturated rings. The van der Waals surface area contributed by atoms with Gasteiger partial charge in [0.2, 0.25) is 0 Å².